The highest BCUT2D eigenvalue weighted by Gasteiger charge is 2.33. The van der Waals surface area contributed by atoms with Gasteiger partial charge in [0.05, 0.1) is 17.7 Å². The quantitative estimate of drug-likeness (QED) is 0.378. The van der Waals surface area contributed by atoms with E-state index in [-0.39, 0.29) is 23.0 Å². The number of sulfonamides is 1. The Morgan fingerprint density at radius 1 is 1.00 bits per heavy atom. The molecule has 0 radical (unpaired) electrons. The van der Waals surface area contributed by atoms with E-state index in [1.165, 1.54) is 55.5 Å². The van der Waals surface area contributed by atoms with Crippen LogP contribution in [0.1, 0.15) is 18.9 Å². The molecule has 0 aliphatic heterocycles. The molecule has 1 N–H and O–H groups in total. The van der Waals surface area contributed by atoms with E-state index in [0.29, 0.717) is 22.8 Å². The van der Waals surface area contributed by atoms with Crippen molar-refractivity contribution in [3.8, 4) is 5.75 Å². The SMILES string of the molecule is CC[C@@H](C(=O)NC)N(Cc1ccc(Cl)cc1)C(=O)CN(c1ccc(F)cc1)S(=O)(=O)c1ccc(OC)cc1. The summed E-state index contributed by atoms with van der Waals surface area (Å²) in [5.74, 6) is -1.10. The maximum absolute atomic E-state index is 13.8. The van der Waals surface area contributed by atoms with E-state index in [4.69, 9.17) is 16.3 Å². The highest BCUT2D eigenvalue weighted by molar-refractivity contribution is 7.92. The standard InChI is InChI=1S/C27H29ClFN3O5S/c1-4-25(27(34)30-2)31(17-19-5-7-20(28)8-6-19)26(33)18-32(22-11-9-21(29)10-12-22)38(35,36)24-15-13-23(37-3)14-16-24/h5-16,25H,4,17-18H2,1-3H3,(H,30,34)/t25-/m0/s1. The van der Waals surface area contributed by atoms with Crippen LogP contribution in [0.3, 0.4) is 0 Å². The van der Waals surface area contributed by atoms with Gasteiger partial charge in [0.2, 0.25) is 11.8 Å². The summed E-state index contributed by atoms with van der Waals surface area (Å²) in [5, 5.41) is 3.08. The number of benzene rings is 3. The Balaban J connectivity index is 2.04. The second-order valence-electron chi connectivity index (χ2n) is 8.35. The summed E-state index contributed by atoms with van der Waals surface area (Å²) < 4.78 is 47.2. The Bertz CT molecular complexity index is 1350. The van der Waals surface area contributed by atoms with Gasteiger partial charge in [-0.25, -0.2) is 12.8 Å². The number of rotatable bonds is 11. The first kappa shape index (κ1) is 28.9. The molecule has 3 aromatic carbocycles. The third-order valence-corrected chi connectivity index (χ3v) is 7.98. The fourth-order valence-corrected chi connectivity index (χ4v) is 5.42. The zero-order valence-corrected chi connectivity index (χ0v) is 22.8. The Kier molecular flexibility index (Phi) is 9.71. The van der Waals surface area contributed by atoms with Crippen LogP contribution < -0.4 is 14.4 Å². The van der Waals surface area contributed by atoms with Crippen LogP contribution in [0.5, 0.6) is 5.75 Å². The van der Waals surface area contributed by atoms with Gasteiger partial charge < -0.3 is 15.0 Å². The van der Waals surface area contributed by atoms with Crippen LogP contribution in [0.4, 0.5) is 10.1 Å². The molecule has 0 fully saturated rings. The Labute approximate surface area is 227 Å². The monoisotopic (exact) mass is 561 g/mol. The minimum atomic E-state index is -4.27. The molecule has 0 heterocycles. The lowest BCUT2D eigenvalue weighted by Crippen LogP contribution is -2.51. The number of hydrogen-bond donors (Lipinski definition) is 1. The summed E-state index contributed by atoms with van der Waals surface area (Å²) in [4.78, 5) is 27.7. The molecule has 38 heavy (non-hydrogen) atoms. The van der Waals surface area contributed by atoms with Gasteiger partial charge in [-0.2, -0.15) is 0 Å². The number of halogens is 2. The summed E-state index contributed by atoms with van der Waals surface area (Å²) in [5.41, 5.74) is 0.798. The lowest BCUT2D eigenvalue weighted by Gasteiger charge is -2.33. The van der Waals surface area contributed by atoms with Gasteiger partial charge in [-0.3, -0.25) is 13.9 Å². The third-order valence-electron chi connectivity index (χ3n) is 5.94. The smallest absolute Gasteiger partial charge is 0.264 e. The van der Waals surface area contributed by atoms with Crippen molar-refractivity contribution in [3.05, 3.63) is 89.2 Å². The second kappa shape index (κ2) is 12.7. The van der Waals surface area contributed by atoms with Gasteiger partial charge in [0, 0.05) is 18.6 Å². The Morgan fingerprint density at radius 2 is 1.61 bits per heavy atom. The van der Waals surface area contributed by atoms with Crippen LogP contribution in [0, 0.1) is 5.82 Å². The molecule has 0 saturated heterocycles. The summed E-state index contributed by atoms with van der Waals surface area (Å²) in [6, 6.07) is 16.4. The molecule has 0 aromatic heterocycles. The third kappa shape index (κ3) is 6.81. The second-order valence-corrected chi connectivity index (χ2v) is 10.6. The fourth-order valence-electron chi connectivity index (χ4n) is 3.88. The van der Waals surface area contributed by atoms with Crippen LogP contribution in [0.15, 0.2) is 77.7 Å². The first-order chi connectivity index (χ1) is 18.1. The molecule has 0 bridgehead atoms. The van der Waals surface area contributed by atoms with E-state index in [1.807, 2.05) is 0 Å². The van der Waals surface area contributed by atoms with E-state index in [1.54, 1.807) is 31.2 Å². The van der Waals surface area contributed by atoms with E-state index >= 15 is 0 Å². The van der Waals surface area contributed by atoms with Gasteiger partial charge >= 0.3 is 0 Å². The summed E-state index contributed by atoms with van der Waals surface area (Å²) in [6.45, 7) is 1.18. The van der Waals surface area contributed by atoms with Gasteiger partial charge in [0.1, 0.15) is 24.2 Å². The van der Waals surface area contributed by atoms with Gasteiger partial charge in [-0.05, 0) is 72.6 Å². The molecule has 0 unspecified atom stereocenters. The highest BCUT2D eigenvalue weighted by atomic mass is 35.5. The lowest BCUT2D eigenvalue weighted by atomic mass is 10.1. The maximum Gasteiger partial charge on any atom is 0.264 e. The fraction of sp³-hybridized carbons (Fsp3) is 0.259. The molecule has 2 amide bonds. The molecule has 8 nitrogen and oxygen atoms in total. The number of carbonyl (C=O) groups is 2. The van der Waals surface area contributed by atoms with Crippen molar-refractivity contribution < 1.29 is 27.1 Å². The Hall–Kier alpha value is -3.63. The van der Waals surface area contributed by atoms with E-state index in [2.05, 4.69) is 5.32 Å². The molecular weight excluding hydrogens is 533 g/mol. The van der Waals surface area contributed by atoms with Gasteiger partial charge in [0.25, 0.3) is 10.0 Å². The average molecular weight is 562 g/mol. The number of hydrogen-bond acceptors (Lipinski definition) is 5. The van der Waals surface area contributed by atoms with E-state index < -0.39 is 34.3 Å². The Morgan fingerprint density at radius 3 is 2.13 bits per heavy atom. The number of carbonyl (C=O) groups excluding carboxylic acids is 2. The minimum absolute atomic E-state index is 0.0434. The molecule has 0 saturated carbocycles. The summed E-state index contributed by atoms with van der Waals surface area (Å²) >= 11 is 6.00. The topological polar surface area (TPSA) is 96.0 Å². The molecule has 1 atom stereocenters. The molecule has 3 aromatic rings. The van der Waals surface area contributed by atoms with Crippen LogP contribution in [0.2, 0.25) is 5.02 Å². The summed E-state index contributed by atoms with van der Waals surface area (Å²) in [6.07, 6.45) is 0.292. The van der Waals surface area contributed by atoms with Gasteiger partial charge in [0.15, 0.2) is 0 Å². The zero-order chi connectivity index (χ0) is 27.9. The largest absolute Gasteiger partial charge is 0.497 e. The highest BCUT2D eigenvalue weighted by Crippen LogP contribution is 2.26. The van der Waals surface area contributed by atoms with Gasteiger partial charge in [-0.15, -0.1) is 0 Å². The number of methoxy groups -OCH3 is 1. The van der Waals surface area contributed by atoms with Crippen LogP contribution >= 0.6 is 11.6 Å². The number of nitrogens with zero attached hydrogens (tertiary/aromatic N) is 2. The van der Waals surface area contributed by atoms with Crippen LogP contribution in [-0.4, -0.2) is 51.9 Å². The molecule has 0 aliphatic rings. The van der Waals surface area contributed by atoms with Crippen molar-refractivity contribution in [1.82, 2.24) is 10.2 Å². The van der Waals surface area contributed by atoms with Crippen LogP contribution in [0.25, 0.3) is 0 Å². The van der Waals surface area contributed by atoms with Crippen molar-refractivity contribution in [2.75, 3.05) is 25.0 Å². The maximum atomic E-state index is 13.8. The average Bonchev–Trinajstić information content (AvgIpc) is 2.92. The van der Waals surface area contributed by atoms with Crippen LogP contribution in [-0.2, 0) is 26.2 Å². The lowest BCUT2D eigenvalue weighted by molar-refractivity contribution is -0.140. The first-order valence-corrected chi connectivity index (χ1v) is 13.6. The van der Waals surface area contributed by atoms with Crippen molar-refractivity contribution in [2.24, 2.45) is 0 Å². The number of amides is 2. The normalized spacial score (nSPS) is 11.9. The minimum Gasteiger partial charge on any atom is -0.497 e. The van der Waals surface area contributed by atoms with E-state index in [9.17, 15) is 22.4 Å². The zero-order valence-electron chi connectivity index (χ0n) is 21.2. The number of anilines is 1. The van der Waals surface area contributed by atoms with Crippen molar-refractivity contribution in [3.63, 3.8) is 0 Å². The van der Waals surface area contributed by atoms with Gasteiger partial charge in [-0.1, -0.05) is 30.7 Å². The predicted molar refractivity (Wildman–Crippen MR) is 144 cm³/mol. The molecule has 0 aliphatic carbocycles. The number of nitrogens with one attached hydrogen (secondary N) is 1. The summed E-state index contributed by atoms with van der Waals surface area (Å²) in [7, 11) is -1.34. The molecule has 202 valence electrons. The molecular formula is C27H29ClFN3O5S. The van der Waals surface area contributed by atoms with Crippen molar-refractivity contribution in [1.29, 1.82) is 0 Å². The predicted octanol–water partition coefficient (Wildman–Crippen LogP) is 4.24. The molecule has 11 heteroatoms. The molecule has 3 rings (SSSR count). The first-order valence-electron chi connectivity index (χ1n) is 11.8. The number of ether oxygens (including phenoxy) is 1. The van der Waals surface area contributed by atoms with Crippen molar-refractivity contribution in [2.45, 2.75) is 30.8 Å². The van der Waals surface area contributed by atoms with Crippen molar-refractivity contribution >= 4 is 39.1 Å². The van der Waals surface area contributed by atoms with E-state index in [0.717, 1.165) is 16.4 Å². The molecule has 0 spiro atoms. The number of likely N-dealkylation sites (N-methyl/N-ethyl adjacent to an activating group) is 1.